The maximum absolute atomic E-state index is 13.6. The zero-order valence-electron chi connectivity index (χ0n) is 42.0. The van der Waals surface area contributed by atoms with Crippen LogP contribution in [-0.4, -0.2) is 82.7 Å². The predicted octanol–water partition coefficient (Wildman–Crippen LogP) is 15.3. The molecule has 1 aromatic carbocycles. The fourth-order valence-electron chi connectivity index (χ4n) is 9.63. The number of aliphatic hydroxyl groups excluding tert-OH is 1. The Morgan fingerprint density at radius 2 is 1.36 bits per heavy atom. The number of ether oxygens (including phenoxy) is 2. The van der Waals surface area contributed by atoms with Crippen LogP contribution in [0.2, 0.25) is 48.1 Å². The molecular formula is C52H94O6Si2Sn. The van der Waals surface area contributed by atoms with Gasteiger partial charge in [0.05, 0.1) is 0 Å². The van der Waals surface area contributed by atoms with Crippen LogP contribution in [0.1, 0.15) is 171 Å². The van der Waals surface area contributed by atoms with E-state index in [-0.39, 0.29) is 41.8 Å². The van der Waals surface area contributed by atoms with Crippen molar-refractivity contribution in [1.29, 1.82) is 0 Å². The Hall–Kier alpha value is -1.02. The normalized spacial score (nSPS) is 18.5. The van der Waals surface area contributed by atoms with Gasteiger partial charge in [0.15, 0.2) is 8.32 Å². The van der Waals surface area contributed by atoms with Gasteiger partial charge in [0, 0.05) is 0 Å². The molecule has 2 rings (SSSR count). The second kappa shape index (κ2) is 26.2. The molecule has 350 valence electrons. The van der Waals surface area contributed by atoms with Crippen LogP contribution in [0.4, 0.5) is 0 Å². The second-order valence-electron chi connectivity index (χ2n) is 21.0. The predicted molar refractivity (Wildman–Crippen MR) is 269 cm³/mol. The number of esters is 1. The summed E-state index contributed by atoms with van der Waals surface area (Å²) in [4.78, 5) is 13.6. The number of carbonyl (C=O) groups excluding carboxylic acids is 1. The van der Waals surface area contributed by atoms with Gasteiger partial charge in [-0.3, -0.25) is 0 Å². The number of carbonyl (C=O) groups is 1. The summed E-state index contributed by atoms with van der Waals surface area (Å²) in [5.41, 5.74) is 2.48. The molecule has 6 atom stereocenters. The fraction of sp³-hybridized carbons (Fsp3) is 0.750. The van der Waals surface area contributed by atoms with Crippen LogP contribution < -0.4 is 0 Å². The minimum absolute atomic E-state index is 0.0216. The maximum atomic E-state index is 13.6. The van der Waals surface area contributed by atoms with Gasteiger partial charge in [0.2, 0.25) is 0 Å². The standard InChI is InChI=1S/C40H67O6Si2.3C4H9.Sn/c1-15-17-24-33(45-47(13,14)40(10,11)12)25-26-35(43-39(42)32-22-19-18-20-23-32)31(9)27-34(41)37-38(44-37)36(21-16-2)46-48(28(3)4,29(5)6)30(7)8;3*1-3-4-2;/h15,17-20,22-23,28-30,33-38,41H,2,9,21,24-27H2,1,3-8,10-14H3;3*1,3-4H2,2H3;/b17-15-;;;;/t33-,34+,35+,36+,37+,38+;;;;/m1..../s1. The van der Waals surface area contributed by atoms with E-state index in [1.807, 2.05) is 25.1 Å². The molecule has 0 bridgehead atoms. The Morgan fingerprint density at radius 1 is 0.836 bits per heavy atom. The zero-order chi connectivity index (χ0) is 46.2. The van der Waals surface area contributed by atoms with Crippen LogP contribution in [0.15, 0.2) is 64.8 Å². The van der Waals surface area contributed by atoms with E-state index in [1.165, 1.54) is 55.4 Å². The molecule has 6 nitrogen and oxygen atoms in total. The summed E-state index contributed by atoms with van der Waals surface area (Å²) in [5, 5.41) is 12.1. The van der Waals surface area contributed by atoms with E-state index in [0.29, 0.717) is 40.6 Å². The van der Waals surface area contributed by atoms with E-state index < -0.39 is 47.2 Å². The van der Waals surface area contributed by atoms with Crippen molar-refractivity contribution in [2.45, 2.75) is 245 Å². The third kappa shape index (κ3) is 16.4. The molecule has 1 saturated heterocycles. The number of rotatable bonds is 31. The van der Waals surface area contributed by atoms with Crippen molar-refractivity contribution < 1.29 is 28.2 Å². The summed E-state index contributed by atoms with van der Waals surface area (Å²) in [6.07, 6.45) is 12.8. The van der Waals surface area contributed by atoms with Crippen molar-refractivity contribution in [3.05, 3.63) is 70.4 Å². The molecule has 0 saturated carbocycles. The first-order valence-electron chi connectivity index (χ1n) is 24.5. The topological polar surface area (TPSA) is 77.5 Å². The van der Waals surface area contributed by atoms with Crippen molar-refractivity contribution >= 4 is 41.0 Å². The van der Waals surface area contributed by atoms with Crippen LogP contribution in [0.5, 0.6) is 0 Å². The SMILES string of the molecule is C=C(C[C@H](O)[C@@H]1O[C@H]1[C@H](C[C](=C)[Sn]([CH2]CCC)([CH2]CCC)[CH2]CCC)O[Si](C(C)C)(C(C)C)C(C)C)[C@H](CC[C@@H](C/C=C\C)O[Si](C)(C)C(C)(C)C)OC(=O)c1ccccc1. The summed E-state index contributed by atoms with van der Waals surface area (Å²) in [7, 11) is -4.38. The molecule has 0 amide bonds. The van der Waals surface area contributed by atoms with Gasteiger partial charge < -0.3 is 4.43 Å². The summed E-state index contributed by atoms with van der Waals surface area (Å²) < 4.78 is 33.1. The minimum atomic E-state index is -2.82. The molecule has 0 aromatic heterocycles. The van der Waals surface area contributed by atoms with Gasteiger partial charge in [-0.2, -0.15) is 0 Å². The average molecular weight is 990 g/mol. The van der Waals surface area contributed by atoms with Crippen LogP contribution in [0.3, 0.4) is 0 Å². The Bertz CT molecular complexity index is 1440. The summed E-state index contributed by atoms with van der Waals surface area (Å²) in [6.45, 7) is 44.0. The van der Waals surface area contributed by atoms with Crippen molar-refractivity contribution in [1.82, 2.24) is 0 Å². The van der Waals surface area contributed by atoms with Gasteiger partial charge in [-0.1, -0.05) is 51.1 Å². The molecule has 9 heteroatoms. The van der Waals surface area contributed by atoms with E-state index in [2.05, 4.69) is 115 Å². The van der Waals surface area contributed by atoms with Gasteiger partial charge in [-0.25, -0.2) is 0 Å². The molecule has 0 unspecified atom stereocenters. The Labute approximate surface area is 382 Å². The molecule has 61 heavy (non-hydrogen) atoms. The van der Waals surface area contributed by atoms with Crippen LogP contribution in [-0.2, 0) is 18.3 Å². The molecule has 0 aliphatic carbocycles. The monoisotopic (exact) mass is 991 g/mol. The molecule has 1 aromatic rings. The summed E-state index contributed by atoms with van der Waals surface area (Å²) >= 11 is -2.82. The number of aliphatic hydroxyl groups is 1. The molecule has 1 fully saturated rings. The number of hydrogen-bond donors (Lipinski definition) is 1. The average Bonchev–Trinajstić information content (AvgIpc) is 4.00. The van der Waals surface area contributed by atoms with Gasteiger partial charge in [-0.15, -0.1) is 0 Å². The minimum Gasteiger partial charge on any atom is -0.0622 e. The molecule has 0 radical (unpaired) electrons. The van der Waals surface area contributed by atoms with Crippen molar-refractivity contribution in [3.8, 4) is 0 Å². The first-order valence-corrected chi connectivity index (χ1v) is 37.0. The van der Waals surface area contributed by atoms with E-state index >= 15 is 0 Å². The first-order chi connectivity index (χ1) is 28.6. The van der Waals surface area contributed by atoms with Crippen molar-refractivity contribution in [2.75, 3.05) is 0 Å². The smallest absolute Gasteiger partial charge is 0.0622 e. The zero-order valence-corrected chi connectivity index (χ0v) is 46.9. The van der Waals surface area contributed by atoms with Gasteiger partial charge >= 0.3 is 277 Å². The molecular weight excluding hydrogens is 895 g/mol. The molecule has 1 aliphatic heterocycles. The van der Waals surface area contributed by atoms with Gasteiger partial charge in [-0.05, 0) is 43.6 Å². The molecule has 1 heterocycles. The Morgan fingerprint density at radius 3 is 1.82 bits per heavy atom. The van der Waals surface area contributed by atoms with Crippen LogP contribution in [0.25, 0.3) is 0 Å². The second-order valence-corrected chi connectivity index (χ2v) is 44.8. The molecule has 1 aliphatic rings. The van der Waals surface area contributed by atoms with Crippen LogP contribution >= 0.6 is 0 Å². The Balaban J connectivity index is 2.49. The number of epoxide rings is 1. The van der Waals surface area contributed by atoms with Crippen molar-refractivity contribution in [3.63, 3.8) is 0 Å². The summed E-state index contributed by atoms with van der Waals surface area (Å²) in [6, 6.07) is 9.16. The molecule has 1 N–H and O–H groups in total. The third-order valence-electron chi connectivity index (χ3n) is 14.4. The summed E-state index contributed by atoms with van der Waals surface area (Å²) in [5.74, 6) is -0.384. The Kier molecular flexibility index (Phi) is 24.1. The number of benzene rings is 1. The van der Waals surface area contributed by atoms with E-state index in [1.54, 1.807) is 12.1 Å². The third-order valence-corrected chi connectivity index (χ3v) is 41.2. The van der Waals surface area contributed by atoms with E-state index in [9.17, 15) is 9.90 Å². The van der Waals surface area contributed by atoms with Crippen molar-refractivity contribution in [2.24, 2.45) is 0 Å². The van der Waals surface area contributed by atoms with Gasteiger partial charge in [0.1, 0.15) is 0 Å². The van der Waals surface area contributed by atoms with E-state index in [4.69, 9.17) is 24.9 Å². The fourth-order valence-corrected chi connectivity index (χ4v) is 32.4. The number of allylic oxidation sites excluding steroid dienone is 1. The number of unbranched alkanes of at least 4 members (excludes halogenated alkanes) is 3. The quantitative estimate of drug-likeness (QED) is 0.0346. The molecule has 0 spiro atoms. The van der Waals surface area contributed by atoms with E-state index in [0.717, 1.165) is 12.8 Å². The first kappa shape index (κ1) is 56.1. The van der Waals surface area contributed by atoms with Gasteiger partial charge in [0.25, 0.3) is 0 Å². The van der Waals surface area contributed by atoms with Crippen LogP contribution in [0, 0.1) is 0 Å². The number of hydrogen-bond acceptors (Lipinski definition) is 6.